The Kier molecular flexibility index (Phi) is 28.0. The zero-order chi connectivity index (χ0) is 19.2. The monoisotopic (exact) mass is 745 g/mol. The zero-order valence-corrected chi connectivity index (χ0v) is 23.2. The first kappa shape index (κ1) is 35.7. The van der Waals surface area contributed by atoms with Gasteiger partial charge in [0.05, 0.1) is 19.8 Å². The normalized spacial score (nSPS) is 17.9. The van der Waals surface area contributed by atoms with E-state index in [4.69, 9.17) is 5.11 Å². The molecule has 0 aromatic heterocycles. The van der Waals surface area contributed by atoms with Crippen molar-refractivity contribution in [3.63, 3.8) is 0 Å². The van der Waals surface area contributed by atoms with Crippen LogP contribution in [0.1, 0.15) is 20.8 Å². The Hall–Kier alpha value is 0.277. The summed E-state index contributed by atoms with van der Waals surface area (Å²) in [5, 5.41) is 18.4. The second-order valence-electron chi connectivity index (χ2n) is 6.03. The first-order valence-corrected chi connectivity index (χ1v) is 8.95. The Balaban J connectivity index is -0.000000557. The molecule has 0 bridgehead atoms. The maximum absolute atomic E-state index is 11.4. The van der Waals surface area contributed by atoms with Gasteiger partial charge in [0.1, 0.15) is 5.78 Å². The number of carbonyl (C=O) groups is 2. The third-order valence-electron chi connectivity index (χ3n) is 3.93. The van der Waals surface area contributed by atoms with E-state index in [9.17, 15) is 14.7 Å². The maximum atomic E-state index is 11.4. The van der Waals surface area contributed by atoms with Gasteiger partial charge < -0.3 is 20.6 Å². The van der Waals surface area contributed by atoms with Crippen LogP contribution in [0.15, 0.2) is 0 Å². The first-order valence-electron chi connectivity index (χ1n) is 8.95. The molecule has 1 fully saturated rings. The number of Topliss-reactive ketones (excluding diaryl/α,β-unsaturated/α-hetero) is 1. The molecule has 1 saturated heterocycles. The smallest absolute Gasteiger partial charge is 0.317 e. The molecular formula is C17H37N4O5W2-. The number of aliphatic hydroxyl groups is 1. The van der Waals surface area contributed by atoms with Gasteiger partial charge in [0.2, 0.25) is 0 Å². The molecule has 28 heavy (non-hydrogen) atoms. The van der Waals surface area contributed by atoms with Crippen LogP contribution in [0.2, 0.25) is 0 Å². The number of rotatable bonds is 5. The van der Waals surface area contributed by atoms with Crippen LogP contribution in [-0.2, 0) is 51.7 Å². The number of carbonyl (C=O) groups excluding carboxylic acids is 1. The minimum Gasteiger partial charge on any atom is -0.480 e. The van der Waals surface area contributed by atoms with Crippen LogP contribution in [0.4, 0.5) is 0 Å². The molecule has 1 aliphatic heterocycles. The van der Waals surface area contributed by atoms with Gasteiger partial charge in [-0.15, -0.1) is 0 Å². The molecule has 168 valence electrons. The van der Waals surface area contributed by atoms with E-state index in [2.05, 4.69) is 7.05 Å². The number of hydrogen-bond acceptors (Lipinski definition) is 7. The Morgan fingerprint density at radius 2 is 1.18 bits per heavy atom. The van der Waals surface area contributed by atoms with Crippen molar-refractivity contribution in [1.82, 2.24) is 19.6 Å². The van der Waals surface area contributed by atoms with Crippen LogP contribution in [0.25, 0.3) is 0 Å². The fraction of sp³-hybridized carbons (Fsp3) is 0.824. The van der Waals surface area contributed by atoms with Crippen molar-refractivity contribution in [3.8, 4) is 0 Å². The van der Waals surface area contributed by atoms with E-state index in [0.29, 0.717) is 58.9 Å². The zero-order valence-electron chi connectivity index (χ0n) is 17.3. The fourth-order valence-corrected chi connectivity index (χ4v) is 2.54. The van der Waals surface area contributed by atoms with Gasteiger partial charge >= 0.3 is 5.97 Å². The molecule has 0 amide bonds. The van der Waals surface area contributed by atoms with Crippen LogP contribution in [0.3, 0.4) is 0 Å². The van der Waals surface area contributed by atoms with Gasteiger partial charge in [-0.3, -0.25) is 31.3 Å². The summed E-state index contributed by atoms with van der Waals surface area (Å²) in [6.45, 7) is 11.1. The number of aliphatic hydroxyl groups excluding tert-OH is 1. The van der Waals surface area contributed by atoms with Crippen molar-refractivity contribution in [2.75, 3.05) is 72.2 Å². The molecule has 1 heterocycles. The van der Waals surface area contributed by atoms with Crippen LogP contribution in [0, 0.1) is 7.05 Å². The van der Waals surface area contributed by atoms with Crippen molar-refractivity contribution in [2.45, 2.75) is 20.8 Å². The maximum Gasteiger partial charge on any atom is 0.317 e. The predicted molar refractivity (Wildman–Crippen MR) is 102 cm³/mol. The van der Waals surface area contributed by atoms with E-state index in [1.165, 1.54) is 0 Å². The third kappa shape index (κ3) is 18.3. The summed E-state index contributed by atoms with van der Waals surface area (Å²) in [5.41, 5.74) is 0. The minimum atomic E-state index is -0.850. The minimum absolute atomic E-state index is 0. The largest absolute Gasteiger partial charge is 0.480 e. The SMILES string of the molecule is CC.O.[CH2-]N1CCN(CO)CCN(CC(C)=O)CCN(CC(=O)O)CC1.[W].[W]. The Labute approximate surface area is 198 Å². The Morgan fingerprint density at radius 1 is 0.821 bits per heavy atom. The summed E-state index contributed by atoms with van der Waals surface area (Å²) in [4.78, 5) is 30.1. The van der Waals surface area contributed by atoms with E-state index in [-0.39, 0.29) is 66.7 Å². The molecule has 1 aliphatic rings. The molecule has 0 aromatic carbocycles. The molecule has 1 rings (SSSR count). The summed E-state index contributed by atoms with van der Waals surface area (Å²) in [6, 6.07) is 0. The molecule has 0 aliphatic carbocycles. The second kappa shape index (κ2) is 22.0. The van der Waals surface area contributed by atoms with Crippen molar-refractivity contribution >= 4 is 11.8 Å². The second-order valence-corrected chi connectivity index (χ2v) is 6.03. The Morgan fingerprint density at radius 3 is 1.57 bits per heavy atom. The molecule has 0 aromatic rings. The Bertz CT molecular complexity index is 395. The third-order valence-corrected chi connectivity index (χ3v) is 3.93. The number of aliphatic carboxylic acids is 1. The fourth-order valence-electron chi connectivity index (χ4n) is 2.54. The van der Waals surface area contributed by atoms with Crippen molar-refractivity contribution < 1.29 is 67.4 Å². The van der Waals surface area contributed by atoms with Crippen LogP contribution < -0.4 is 0 Å². The van der Waals surface area contributed by atoms with Gasteiger partial charge in [0.25, 0.3) is 0 Å². The van der Waals surface area contributed by atoms with E-state index in [0.717, 1.165) is 0 Å². The summed E-state index contributed by atoms with van der Waals surface area (Å²) in [5.74, 6) is -0.765. The van der Waals surface area contributed by atoms with Gasteiger partial charge in [-0.1, -0.05) is 13.8 Å². The summed E-state index contributed by atoms with van der Waals surface area (Å²) in [6.07, 6.45) is 0. The van der Waals surface area contributed by atoms with E-state index < -0.39 is 5.97 Å². The molecule has 0 spiro atoms. The molecule has 0 radical (unpaired) electrons. The van der Waals surface area contributed by atoms with E-state index >= 15 is 0 Å². The number of nitrogens with zero attached hydrogens (tertiary/aromatic N) is 4. The summed E-state index contributed by atoms with van der Waals surface area (Å²) >= 11 is 0. The van der Waals surface area contributed by atoms with E-state index in [1.807, 2.05) is 33.4 Å². The van der Waals surface area contributed by atoms with Gasteiger partial charge in [0, 0.05) is 81.4 Å². The molecule has 0 unspecified atom stereocenters. The van der Waals surface area contributed by atoms with Crippen LogP contribution in [0.5, 0.6) is 0 Å². The molecule has 0 atom stereocenters. The van der Waals surface area contributed by atoms with Crippen molar-refractivity contribution in [3.05, 3.63) is 7.05 Å². The van der Waals surface area contributed by atoms with Crippen molar-refractivity contribution in [1.29, 1.82) is 0 Å². The number of carboxylic acids is 1. The van der Waals surface area contributed by atoms with Gasteiger partial charge in [-0.05, 0) is 20.0 Å². The number of hydrogen-bond donors (Lipinski definition) is 2. The van der Waals surface area contributed by atoms with E-state index in [1.54, 1.807) is 6.92 Å². The van der Waals surface area contributed by atoms with Crippen molar-refractivity contribution in [2.24, 2.45) is 0 Å². The molecule has 0 saturated carbocycles. The van der Waals surface area contributed by atoms with Gasteiger partial charge in [0.15, 0.2) is 0 Å². The summed E-state index contributed by atoms with van der Waals surface area (Å²) < 4.78 is 0. The number of ketones is 1. The van der Waals surface area contributed by atoms with Crippen LogP contribution in [-0.4, -0.2) is 119 Å². The average Bonchev–Trinajstić information content (AvgIpc) is 2.56. The standard InChI is InChI=1S/C15H29N4O4.C2H6.H2O.2W/c1-14(21)11-17-7-8-18(12-15(22)23)5-3-16(2)4-6-19(13-20)10-9-17;1-2;;;/h20H,2-13H2,1H3,(H,22,23);1-2H3;1H2;;/q-1;;;;. The predicted octanol–water partition coefficient (Wildman–Crippen LogP) is -1.18. The molecule has 4 N–H and O–H groups in total. The quantitative estimate of drug-likeness (QED) is 0.338. The van der Waals surface area contributed by atoms with Gasteiger partial charge in [-0.2, -0.15) is 0 Å². The van der Waals surface area contributed by atoms with Gasteiger partial charge in [-0.25, -0.2) is 0 Å². The van der Waals surface area contributed by atoms with Crippen LogP contribution >= 0.6 is 0 Å². The average molecular weight is 745 g/mol. The number of carboxylic acid groups (broad SMARTS) is 1. The first-order chi connectivity index (χ1) is 11.9. The molecule has 11 heteroatoms. The topological polar surface area (TPSA) is 119 Å². The molecular weight excluding hydrogens is 708 g/mol. The summed E-state index contributed by atoms with van der Waals surface area (Å²) in [7, 11) is 3.96. The molecule has 9 nitrogen and oxygen atoms in total.